The Bertz CT molecular complexity index is 1750. The molecule has 4 aromatic rings. The van der Waals surface area contributed by atoms with Crippen molar-refractivity contribution in [3.05, 3.63) is 72.2 Å². The third-order valence-electron chi connectivity index (χ3n) is 8.88. The van der Waals surface area contributed by atoms with Crippen molar-refractivity contribution in [3.63, 3.8) is 0 Å². The molecule has 0 saturated carbocycles. The SMILES string of the molecule is Cc1cc(Nc2nccn3c(-c4ccc(OC(F)F)cc4)cnc23)ccc1C(=O)N(C)CCC1CCN(C(=O)CC(O)C[N+](C)(C)C)CC1. The average Bonchev–Trinajstić information content (AvgIpc) is 3.48. The van der Waals surface area contributed by atoms with Crippen LogP contribution in [0.5, 0.6) is 5.75 Å². The van der Waals surface area contributed by atoms with Gasteiger partial charge in [0, 0.05) is 55.9 Å². The Hall–Kier alpha value is -4.62. The molecule has 0 bridgehead atoms. The molecule has 262 valence electrons. The highest BCUT2D eigenvalue weighted by molar-refractivity contribution is 5.96. The van der Waals surface area contributed by atoms with E-state index in [1.807, 2.05) is 62.6 Å². The molecule has 1 atom stereocenters. The number of alkyl halides is 2. The van der Waals surface area contributed by atoms with E-state index in [0.717, 1.165) is 41.8 Å². The molecular weight excluding hydrogens is 632 g/mol. The minimum absolute atomic E-state index is 0.00928. The summed E-state index contributed by atoms with van der Waals surface area (Å²) in [6, 6.07) is 11.9. The number of likely N-dealkylation sites (tertiary alicyclic amines) is 1. The second kappa shape index (κ2) is 15.3. The van der Waals surface area contributed by atoms with Crippen LogP contribution in [0.3, 0.4) is 0 Å². The fourth-order valence-corrected chi connectivity index (χ4v) is 6.33. The van der Waals surface area contributed by atoms with Gasteiger partial charge in [-0.05, 0) is 80.1 Å². The number of anilines is 2. The molecule has 1 fully saturated rings. The first kappa shape index (κ1) is 35.7. The highest BCUT2D eigenvalue weighted by Crippen LogP contribution is 2.28. The van der Waals surface area contributed by atoms with Crippen molar-refractivity contribution >= 4 is 29.0 Å². The molecule has 5 rings (SSSR count). The Kier molecular flexibility index (Phi) is 11.1. The fourth-order valence-electron chi connectivity index (χ4n) is 6.33. The number of hydrogen-bond donors (Lipinski definition) is 2. The number of nitrogens with zero attached hydrogens (tertiary/aromatic N) is 6. The number of carbonyl (C=O) groups excluding carboxylic acids is 2. The number of rotatable bonds is 13. The van der Waals surface area contributed by atoms with Gasteiger partial charge in [-0.15, -0.1) is 0 Å². The molecule has 3 heterocycles. The van der Waals surface area contributed by atoms with E-state index in [9.17, 15) is 23.5 Å². The maximum Gasteiger partial charge on any atom is 0.387 e. The van der Waals surface area contributed by atoms with Crippen LogP contribution in [0.25, 0.3) is 16.9 Å². The fraction of sp³-hybridized carbons (Fsp3) is 0.444. The van der Waals surface area contributed by atoms with Crippen LogP contribution in [0.15, 0.2) is 61.1 Å². The van der Waals surface area contributed by atoms with E-state index in [-0.39, 0.29) is 24.0 Å². The summed E-state index contributed by atoms with van der Waals surface area (Å²) in [4.78, 5) is 38.7. The van der Waals surface area contributed by atoms with Crippen LogP contribution in [0.2, 0.25) is 0 Å². The number of aryl methyl sites for hydroxylation is 1. The van der Waals surface area contributed by atoms with Gasteiger partial charge in [-0.25, -0.2) is 9.97 Å². The molecule has 1 aliphatic rings. The van der Waals surface area contributed by atoms with Gasteiger partial charge in [0.1, 0.15) is 18.4 Å². The van der Waals surface area contributed by atoms with Gasteiger partial charge in [0.2, 0.25) is 5.91 Å². The molecule has 0 radical (unpaired) electrons. The summed E-state index contributed by atoms with van der Waals surface area (Å²) in [6.07, 6.45) is 7.26. The van der Waals surface area contributed by atoms with Crippen molar-refractivity contribution in [2.75, 3.05) is 59.7 Å². The highest BCUT2D eigenvalue weighted by atomic mass is 19.3. The van der Waals surface area contributed by atoms with Crippen LogP contribution >= 0.6 is 0 Å². The monoisotopic (exact) mass is 678 g/mol. The lowest BCUT2D eigenvalue weighted by molar-refractivity contribution is -0.873. The van der Waals surface area contributed by atoms with Crippen molar-refractivity contribution in [2.24, 2.45) is 5.92 Å². The first-order valence-electron chi connectivity index (χ1n) is 16.5. The zero-order chi connectivity index (χ0) is 35.3. The van der Waals surface area contributed by atoms with Crippen LogP contribution in [-0.2, 0) is 4.79 Å². The number of quaternary nitrogens is 1. The molecule has 2 aromatic heterocycles. The van der Waals surface area contributed by atoms with E-state index in [1.165, 1.54) is 12.1 Å². The molecule has 0 aliphatic carbocycles. The topological polar surface area (TPSA) is 112 Å². The maximum absolute atomic E-state index is 13.4. The Morgan fingerprint density at radius 2 is 1.82 bits per heavy atom. The number of carbonyl (C=O) groups is 2. The van der Waals surface area contributed by atoms with Gasteiger partial charge in [0.05, 0.1) is 39.5 Å². The number of fused-ring (bicyclic) bond motifs is 1. The smallest absolute Gasteiger partial charge is 0.387 e. The Balaban J connectivity index is 1.14. The summed E-state index contributed by atoms with van der Waals surface area (Å²) >= 11 is 0. The summed E-state index contributed by atoms with van der Waals surface area (Å²) in [5.41, 5.74) is 4.31. The molecule has 2 aromatic carbocycles. The maximum atomic E-state index is 13.4. The molecule has 1 aliphatic heterocycles. The number of amides is 2. The lowest BCUT2D eigenvalue weighted by atomic mass is 9.93. The first-order valence-corrected chi connectivity index (χ1v) is 16.5. The predicted molar refractivity (Wildman–Crippen MR) is 184 cm³/mol. The molecule has 2 N–H and O–H groups in total. The lowest BCUT2D eigenvalue weighted by Crippen LogP contribution is -2.45. The quantitative estimate of drug-likeness (QED) is 0.187. The standard InChI is InChI=1S/C36H45F2N7O4/c1-24-20-27(41-33-34-40-22-31(44(34)19-15-39-33)26-6-9-29(10-7-26)49-36(37)38)8-11-30(24)35(48)42(2)16-12-25-13-17-43(18-14-25)32(47)21-28(46)23-45(3,4)5/h6-11,15,19-20,22,25,28,36,46H,12-14,16-18,21,23H2,1-5H3/p+1. The lowest BCUT2D eigenvalue weighted by Gasteiger charge is -2.34. The number of ether oxygens (including phenoxy) is 1. The number of benzene rings is 2. The van der Waals surface area contributed by atoms with Crippen molar-refractivity contribution < 1.29 is 32.7 Å². The van der Waals surface area contributed by atoms with Crippen molar-refractivity contribution in [3.8, 4) is 17.0 Å². The number of nitrogens with one attached hydrogen (secondary N) is 1. The van der Waals surface area contributed by atoms with Crippen LogP contribution in [0.1, 0.15) is 41.6 Å². The van der Waals surface area contributed by atoms with Crippen LogP contribution in [-0.4, -0.2) is 113 Å². The van der Waals surface area contributed by atoms with Gasteiger partial charge in [-0.3, -0.25) is 14.0 Å². The summed E-state index contributed by atoms with van der Waals surface area (Å²) in [6.45, 7) is 1.53. The van der Waals surface area contributed by atoms with E-state index >= 15 is 0 Å². The zero-order valence-electron chi connectivity index (χ0n) is 28.8. The molecular formula is C36H46F2N7O4+. The number of piperidine rings is 1. The van der Waals surface area contributed by atoms with Crippen molar-refractivity contribution in [1.29, 1.82) is 0 Å². The van der Waals surface area contributed by atoms with E-state index in [2.05, 4.69) is 20.0 Å². The second-order valence-electron chi connectivity index (χ2n) is 13.8. The summed E-state index contributed by atoms with van der Waals surface area (Å²) in [5, 5.41) is 13.6. The van der Waals surface area contributed by atoms with Gasteiger partial charge < -0.3 is 29.4 Å². The Labute approximate surface area is 285 Å². The summed E-state index contributed by atoms with van der Waals surface area (Å²) in [5.74, 6) is 0.992. The van der Waals surface area contributed by atoms with E-state index in [4.69, 9.17) is 0 Å². The highest BCUT2D eigenvalue weighted by Gasteiger charge is 2.27. The number of aliphatic hydroxyl groups is 1. The van der Waals surface area contributed by atoms with Crippen LogP contribution in [0.4, 0.5) is 20.3 Å². The number of halogens is 2. The largest absolute Gasteiger partial charge is 0.435 e. The number of aromatic nitrogens is 3. The molecule has 1 saturated heterocycles. The molecule has 1 unspecified atom stereocenters. The normalized spacial score (nSPS) is 14.7. The Morgan fingerprint density at radius 1 is 1.10 bits per heavy atom. The van der Waals surface area contributed by atoms with Gasteiger partial charge in [-0.2, -0.15) is 8.78 Å². The van der Waals surface area contributed by atoms with Gasteiger partial charge in [0.25, 0.3) is 5.91 Å². The summed E-state index contributed by atoms with van der Waals surface area (Å²) in [7, 11) is 7.82. The number of imidazole rings is 1. The zero-order valence-corrected chi connectivity index (χ0v) is 28.8. The van der Waals surface area contributed by atoms with Crippen LogP contribution in [0, 0.1) is 12.8 Å². The van der Waals surface area contributed by atoms with E-state index < -0.39 is 12.7 Å². The van der Waals surface area contributed by atoms with Gasteiger partial charge >= 0.3 is 6.61 Å². The van der Waals surface area contributed by atoms with E-state index in [1.54, 1.807) is 35.6 Å². The van der Waals surface area contributed by atoms with Gasteiger partial charge in [0.15, 0.2) is 11.5 Å². The minimum Gasteiger partial charge on any atom is -0.435 e. The number of likely N-dealkylation sites (N-methyl/N-ethyl adjacent to an activating group) is 1. The number of hydrogen-bond acceptors (Lipinski definition) is 7. The third kappa shape index (κ3) is 9.30. The first-order chi connectivity index (χ1) is 23.3. The Morgan fingerprint density at radius 3 is 2.47 bits per heavy atom. The second-order valence-corrected chi connectivity index (χ2v) is 13.8. The van der Waals surface area contributed by atoms with E-state index in [0.29, 0.717) is 53.6 Å². The molecule has 49 heavy (non-hydrogen) atoms. The minimum atomic E-state index is -2.89. The predicted octanol–water partition coefficient (Wildman–Crippen LogP) is 5.21. The molecule has 11 nitrogen and oxygen atoms in total. The summed E-state index contributed by atoms with van der Waals surface area (Å²) < 4.78 is 32.0. The van der Waals surface area contributed by atoms with Gasteiger partial charge in [-0.1, -0.05) is 0 Å². The van der Waals surface area contributed by atoms with Crippen LogP contribution < -0.4 is 10.1 Å². The third-order valence-corrected chi connectivity index (χ3v) is 8.88. The number of aliphatic hydroxyl groups excluding tert-OH is 1. The van der Waals surface area contributed by atoms with Crippen molar-refractivity contribution in [1.82, 2.24) is 24.2 Å². The molecule has 13 heteroatoms. The average molecular weight is 679 g/mol. The molecule has 0 spiro atoms. The molecule has 2 amide bonds. The van der Waals surface area contributed by atoms with Crippen molar-refractivity contribution in [2.45, 2.75) is 45.3 Å².